The van der Waals surface area contributed by atoms with Crippen molar-refractivity contribution in [1.82, 2.24) is 5.43 Å². The van der Waals surface area contributed by atoms with Gasteiger partial charge in [-0.15, -0.1) is 0 Å². The Bertz CT molecular complexity index is 1080. The van der Waals surface area contributed by atoms with Crippen LogP contribution in [0.4, 0.5) is 5.69 Å². The van der Waals surface area contributed by atoms with Gasteiger partial charge in [0.25, 0.3) is 11.6 Å². The lowest BCUT2D eigenvalue weighted by Crippen LogP contribution is -2.24. The molecule has 0 bridgehead atoms. The molecule has 1 aromatic heterocycles. The molecule has 0 saturated carbocycles. The van der Waals surface area contributed by atoms with Crippen LogP contribution in [-0.2, 0) is 4.79 Å². The van der Waals surface area contributed by atoms with Crippen molar-refractivity contribution in [2.75, 3.05) is 6.61 Å². The summed E-state index contributed by atoms with van der Waals surface area (Å²) in [6.45, 7) is 3.69. The first kappa shape index (κ1) is 21.3. The summed E-state index contributed by atoms with van der Waals surface area (Å²) < 4.78 is 12.0. The maximum absolute atomic E-state index is 12.0. The van der Waals surface area contributed by atoms with E-state index in [1.165, 1.54) is 18.3 Å². The highest BCUT2D eigenvalue weighted by molar-refractivity contribution is 9.10. The van der Waals surface area contributed by atoms with Crippen LogP contribution in [0.2, 0.25) is 0 Å². The minimum absolute atomic E-state index is 0.00452. The predicted molar refractivity (Wildman–Crippen MR) is 116 cm³/mol. The van der Waals surface area contributed by atoms with Crippen LogP contribution in [0.3, 0.4) is 0 Å². The van der Waals surface area contributed by atoms with E-state index >= 15 is 0 Å². The zero-order valence-electron chi connectivity index (χ0n) is 16.2. The Morgan fingerprint density at radius 1 is 1.23 bits per heavy atom. The molecule has 1 amide bonds. The number of hydrogen-bond acceptors (Lipinski definition) is 6. The SMILES string of the molecule is Cc1cc(C)c(OCC(=O)NN=Cc2ccc(-c3ccc([N+](=O)[O-])cc3)o2)c(Br)c1. The third kappa shape index (κ3) is 5.32. The number of nitrogens with zero attached hydrogens (tertiary/aromatic N) is 2. The first-order chi connectivity index (χ1) is 14.3. The van der Waals surface area contributed by atoms with Crippen molar-refractivity contribution in [2.24, 2.45) is 5.10 Å². The molecule has 0 unspecified atom stereocenters. The molecule has 3 rings (SSSR count). The quantitative estimate of drug-likeness (QED) is 0.303. The van der Waals surface area contributed by atoms with Crippen molar-refractivity contribution in [3.63, 3.8) is 0 Å². The van der Waals surface area contributed by atoms with Gasteiger partial charge in [-0.25, -0.2) is 5.43 Å². The smallest absolute Gasteiger partial charge is 0.277 e. The molecule has 1 N–H and O–H groups in total. The Kier molecular flexibility index (Phi) is 6.63. The van der Waals surface area contributed by atoms with E-state index in [1.54, 1.807) is 24.3 Å². The molecule has 30 heavy (non-hydrogen) atoms. The number of furan rings is 1. The van der Waals surface area contributed by atoms with Gasteiger partial charge in [0.2, 0.25) is 0 Å². The van der Waals surface area contributed by atoms with Crippen LogP contribution in [0.25, 0.3) is 11.3 Å². The molecule has 3 aromatic rings. The van der Waals surface area contributed by atoms with Crippen LogP contribution < -0.4 is 10.2 Å². The maximum atomic E-state index is 12.0. The molecule has 2 aromatic carbocycles. The molecule has 0 aliphatic heterocycles. The number of halogens is 1. The molecule has 0 fully saturated rings. The van der Waals surface area contributed by atoms with Crippen molar-refractivity contribution in [3.8, 4) is 17.1 Å². The van der Waals surface area contributed by atoms with Crippen LogP contribution >= 0.6 is 15.9 Å². The number of amides is 1. The number of rotatable bonds is 7. The van der Waals surface area contributed by atoms with Crippen LogP contribution in [0.1, 0.15) is 16.9 Å². The molecule has 0 radical (unpaired) electrons. The van der Waals surface area contributed by atoms with Crippen molar-refractivity contribution >= 4 is 33.7 Å². The second kappa shape index (κ2) is 9.36. The molecule has 0 spiro atoms. The van der Waals surface area contributed by atoms with Gasteiger partial charge in [0.15, 0.2) is 6.61 Å². The fourth-order valence-corrected chi connectivity index (χ4v) is 3.54. The lowest BCUT2D eigenvalue weighted by Gasteiger charge is -2.11. The van der Waals surface area contributed by atoms with Crippen molar-refractivity contribution in [3.05, 3.63) is 80.0 Å². The number of carbonyl (C=O) groups excluding carboxylic acids is 1. The van der Waals surface area contributed by atoms with E-state index in [9.17, 15) is 14.9 Å². The number of hydrogen-bond donors (Lipinski definition) is 1. The molecule has 154 valence electrons. The van der Waals surface area contributed by atoms with E-state index in [0.29, 0.717) is 22.8 Å². The van der Waals surface area contributed by atoms with E-state index in [4.69, 9.17) is 9.15 Å². The normalized spacial score (nSPS) is 10.9. The van der Waals surface area contributed by atoms with Crippen molar-refractivity contribution in [2.45, 2.75) is 13.8 Å². The molecule has 1 heterocycles. The standard InChI is InChI=1S/C21H18BrN3O5/c1-13-9-14(2)21(18(22)10-13)29-12-20(26)24-23-11-17-7-8-19(30-17)15-3-5-16(6-4-15)25(27)28/h3-11H,12H2,1-2H3,(H,24,26). The van der Waals surface area contributed by atoms with Gasteiger partial charge < -0.3 is 9.15 Å². The number of nitrogens with one attached hydrogen (secondary N) is 1. The summed E-state index contributed by atoms with van der Waals surface area (Å²) in [6.07, 6.45) is 1.36. The van der Waals surface area contributed by atoms with Gasteiger partial charge >= 0.3 is 0 Å². The average Bonchev–Trinajstić information content (AvgIpc) is 3.16. The van der Waals surface area contributed by atoms with Crippen molar-refractivity contribution in [1.29, 1.82) is 0 Å². The molecule has 0 saturated heterocycles. The van der Waals surface area contributed by atoms with Crippen LogP contribution in [-0.4, -0.2) is 23.7 Å². The number of ether oxygens (including phenoxy) is 1. The zero-order valence-corrected chi connectivity index (χ0v) is 17.8. The van der Waals surface area contributed by atoms with E-state index in [1.807, 2.05) is 26.0 Å². The lowest BCUT2D eigenvalue weighted by molar-refractivity contribution is -0.384. The monoisotopic (exact) mass is 471 g/mol. The first-order valence-electron chi connectivity index (χ1n) is 8.89. The van der Waals surface area contributed by atoms with E-state index in [-0.39, 0.29) is 12.3 Å². The van der Waals surface area contributed by atoms with E-state index in [0.717, 1.165) is 15.6 Å². The molecule has 0 aliphatic rings. The first-order valence-corrected chi connectivity index (χ1v) is 9.69. The summed E-state index contributed by atoms with van der Waals surface area (Å²) in [7, 11) is 0. The van der Waals surface area contributed by atoms with Gasteiger partial charge in [-0.05, 0) is 71.2 Å². The van der Waals surface area contributed by atoms with Crippen LogP contribution in [0.5, 0.6) is 5.75 Å². The van der Waals surface area contributed by atoms with Crippen LogP contribution in [0, 0.1) is 24.0 Å². The second-order valence-electron chi connectivity index (χ2n) is 6.48. The number of carbonyl (C=O) groups is 1. The molecule has 0 atom stereocenters. The number of non-ortho nitro benzene ring substituents is 1. The number of benzene rings is 2. The Morgan fingerprint density at radius 3 is 2.63 bits per heavy atom. The Hall–Kier alpha value is -3.46. The van der Waals surface area contributed by atoms with E-state index < -0.39 is 10.8 Å². The van der Waals surface area contributed by atoms with Gasteiger partial charge in [-0.1, -0.05) is 6.07 Å². The summed E-state index contributed by atoms with van der Waals surface area (Å²) in [5.41, 5.74) is 5.09. The maximum Gasteiger partial charge on any atom is 0.277 e. The summed E-state index contributed by atoms with van der Waals surface area (Å²) in [5.74, 6) is 1.14. The highest BCUT2D eigenvalue weighted by Crippen LogP contribution is 2.30. The number of nitro groups is 1. The highest BCUT2D eigenvalue weighted by atomic mass is 79.9. The Balaban J connectivity index is 1.54. The largest absolute Gasteiger partial charge is 0.482 e. The summed E-state index contributed by atoms with van der Waals surface area (Å²) >= 11 is 3.43. The average molecular weight is 472 g/mol. The summed E-state index contributed by atoms with van der Waals surface area (Å²) in [5, 5.41) is 14.6. The number of hydrazone groups is 1. The summed E-state index contributed by atoms with van der Waals surface area (Å²) in [4.78, 5) is 22.2. The van der Waals surface area contributed by atoms with Crippen molar-refractivity contribution < 1.29 is 18.9 Å². The fraction of sp³-hybridized carbons (Fsp3) is 0.143. The fourth-order valence-electron chi connectivity index (χ4n) is 2.75. The zero-order chi connectivity index (χ0) is 21.7. The topological polar surface area (TPSA) is 107 Å². The summed E-state index contributed by atoms with van der Waals surface area (Å²) in [6, 6.07) is 13.3. The Labute approximate surface area is 180 Å². The minimum Gasteiger partial charge on any atom is -0.482 e. The van der Waals surface area contributed by atoms with Gasteiger partial charge in [0, 0.05) is 17.7 Å². The number of aryl methyl sites for hydroxylation is 2. The minimum atomic E-state index is -0.463. The van der Waals surface area contributed by atoms with Gasteiger partial charge in [-0.2, -0.15) is 5.10 Å². The van der Waals surface area contributed by atoms with Crippen LogP contribution in [0.15, 0.2) is 62.5 Å². The molecule has 0 aliphatic carbocycles. The van der Waals surface area contributed by atoms with Gasteiger partial charge in [0.05, 0.1) is 15.6 Å². The molecular formula is C21H18BrN3O5. The molecule has 9 heteroatoms. The molecule has 8 nitrogen and oxygen atoms in total. The number of nitro benzene ring substituents is 1. The second-order valence-corrected chi connectivity index (χ2v) is 7.33. The highest BCUT2D eigenvalue weighted by Gasteiger charge is 2.10. The van der Waals surface area contributed by atoms with E-state index in [2.05, 4.69) is 26.5 Å². The predicted octanol–water partition coefficient (Wildman–Crippen LogP) is 4.76. The van der Waals surface area contributed by atoms with Gasteiger partial charge in [0.1, 0.15) is 17.3 Å². The Morgan fingerprint density at radius 2 is 1.97 bits per heavy atom. The molecular weight excluding hydrogens is 454 g/mol. The lowest BCUT2D eigenvalue weighted by atomic mass is 10.1. The third-order valence-electron chi connectivity index (χ3n) is 4.09. The van der Waals surface area contributed by atoms with Gasteiger partial charge in [-0.3, -0.25) is 14.9 Å². The third-order valence-corrected chi connectivity index (χ3v) is 4.68.